The minimum atomic E-state index is -0.0438. The molecule has 0 unspecified atom stereocenters. The third kappa shape index (κ3) is 5.51. The third-order valence-corrected chi connectivity index (χ3v) is 1.19. The molecule has 0 spiro atoms. The number of ketones is 1. The molecule has 58 valence electrons. The van der Waals surface area contributed by atoms with Crippen molar-refractivity contribution in [3.63, 3.8) is 0 Å². The number of rotatable bonds is 5. The van der Waals surface area contributed by atoms with Gasteiger partial charge in [-0.25, -0.2) is 0 Å². The molecule has 0 aromatic rings. The summed E-state index contributed by atoms with van der Waals surface area (Å²) in [5.41, 5.74) is 0. The lowest BCUT2D eigenvalue weighted by atomic mass is 10.2. The van der Waals surface area contributed by atoms with Crippen LogP contribution in [0.15, 0.2) is 12.2 Å². The molecule has 2 nitrogen and oxygen atoms in total. The second-order valence-corrected chi connectivity index (χ2v) is 2.15. The van der Waals surface area contributed by atoms with Gasteiger partial charge in [-0.3, -0.25) is 4.79 Å². The fourth-order valence-corrected chi connectivity index (χ4v) is 0.618. The fraction of sp³-hybridized carbons (Fsp3) is 0.625. The Balaban J connectivity index is 3.34. The quantitative estimate of drug-likeness (QED) is 0.587. The van der Waals surface area contributed by atoms with Crippen molar-refractivity contribution >= 4 is 5.78 Å². The Labute approximate surface area is 61.6 Å². The summed E-state index contributed by atoms with van der Waals surface area (Å²) in [5, 5.41) is 8.30. The summed E-state index contributed by atoms with van der Waals surface area (Å²) < 4.78 is 0. The number of aliphatic hydroxyl groups is 1. The van der Waals surface area contributed by atoms with E-state index < -0.39 is 0 Å². The summed E-state index contributed by atoms with van der Waals surface area (Å²) in [7, 11) is 0. The monoisotopic (exact) mass is 142 g/mol. The molecule has 0 bridgehead atoms. The third-order valence-electron chi connectivity index (χ3n) is 1.19. The first-order valence-electron chi connectivity index (χ1n) is 3.61. The highest BCUT2D eigenvalue weighted by molar-refractivity contribution is 5.89. The highest BCUT2D eigenvalue weighted by Gasteiger charge is 1.92. The van der Waals surface area contributed by atoms with Gasteiger partial charge in [-0.05, 0) is 12.5 Å². The van der Waals surface area contributed by atoms with Crippen LogP contribution in [0.25, 0.3) is 0 Å². The maximum absolute atomic E-state index is 10.8. The Morgan fingerprint density at radius 1 is 1.60 bits per heavy atom. The Bertz CT molecular complexity index is 116. The normalized spacial score (nSPS) is 10.6. The van der Waals surface area contributed by atoms with Crippen molar-refractivity contribution in [3.05, 3.63) is 12.2 Å². The van der Waals surface area contributed by atoms with Crippen molar-refractivity contribution in [1.82, 2.24) is 0 Å². The van der Waals surface area contributed by atoms with Gasteiger partial charge in [-0.2, -0.15) is 0 Å². The zero-order valence-corrected chi connectivity index (χ0v) is 6.34. The van der Waals surface area contributed by atoms with E-state index in [0.717, 1.165) is 12.8 Å². The van der Waals surface area contributed by atoms with E-state index in [4.69, 9.17) is 5.11 Å². The molecular weight excluding hydrogens is 128 g/mol. The molecule has 0 aliphatic carbocycles. The second-order valence-electron chi connectivity index (χ2n) is 2.15. The minimum Gasteiger partial charge on any atom is -0.392 e. The van der Waals surface area contributed by atoms with E-state index in [0.29, 0.717) is 6.42 Å². The van der Waals surface area contributed by atoms with Crippen LogP contribution < -0.4 is 0 Å². The Kier molecular flexibility index (Phi) is 6.08. The van der Waals surface area contributed by atoms with Crippen LogP contribution in [0.5, 0.6) is 0 Å². The first kappa shape index (κ1) is 9.37. The number of allylic oxidation sites excluding steroid dienone is 1. The zero-order valence-electron chi connectivity index (χ0n) is 6.34. The highest BCUT2D eigenvalue weighted by atomic mass is 16.2. The van der Waals surface area contributed by atoms with Gasteiger partial charge in [0.25, 0.3) is 0 Å². The van der Waals surface area contributed by atoms with Gasteiger partial charge in [0, 0.05) is 6.42 Å². The van der Waals surface area contributed by atoms with Gasteiger partial charge in [-0.15, -0.1) is 0 Å². The van der Waals surface area contributed by atoms with Crippen LogP contribution in [0, 0.1) is 0 Å². The first-order chi connectivity index (χ1) is 4.81. The average molecular weight is 142 g/mol. The second kappa shape index (κ2) is 6.49. The number of hydrogen-bond acceptors (Lipinski definition) is 2. The molecule has 0 saturated heterocycles. The van der Waals surface area contributed by atoms with E-state index in [1.165, 1.54) is 12.2 Å². The van der Waals surface area contributed by atoms with Crippen molar-refractivity contribution in [1.29, 1.82) is 0 Å². The van der Waals surface area contributed by atoms with Crippen molar-refractivity contribution in [3.8, 4) is 0 Å². The van der Waals surface area contributed by atoms with Gasteiger partial charge in [0.05, 0.1) is 6.61 Å². The van der Waals surface area contributed by atoms with Gasteiger partial charge in [0.15, 0.2) is 5.78 Å². The van der Waals surface area contributed by atoms with E-state index in [2.05, 4.69) is 0 Å². The van der Waals surface area contributed by atoms with Gasteiger partial charge in [0.2, 0.25) is 0 Å². The SMILES string of the molecule is CCCCC(=O)/C=C/CO. The molecule has 0 aromatic heterocycles. The van der Waals surface area contributed by atoms with E-state index >= 15 is 0 Å². The highest BCUT2D eigenvalue weighted by Crippen LogP contribution is 1.95. The van der Waals surface area contributed by atoms with Crippen molar-refractivity contribution < 1.29 is 9.90 Å². The molecule has 0 amide bonds. The number of hydrogen-bond donors (Lipinski definition) is 1. The zero-order chi connectivity index (χ0) is 7.82. The van der Waals surface area contributed by atoms with Gasteiger partial charge in [-0.1, -0.05) is 19.4 Å². The molecule has 0 aliphatic rings. The van der Waals surface area contributed by atoms with Crippen LogP contribution >= 0.6 is 0 Å². The van der Waals surface area contributed by atoms with Crippen LogP contribution in [-0.4, -0.2) is 17.5 Å². The summed E-state index contributed by atoms with van der Waals surface area (Å²) in [6.45, 7) is 2.00. The largest absolute Gasteiger partial charge is 0.392 e. The van der Waals surface area contributed by atoms with E-state index in [9.17, 15) is 4.79 Å². The molecule has 0 fully saturated rings. The number of aliphatic hydroxyl groups excluding tert-OH is 1. The molecular formula is C8H14O2. The topological polar surface area (TPSA) is 37.3 Å². The van der Waals surface area contributed by atoms with E-state index in [1.807, 2.05) is 6.92 Å². The molecule has 0 aliphatic heterocycles. The van der Waals surface area contributed by atoms with Gasteiger partial charge < -0.3 is 5.11 Å². The minimum absolute atomic E-state index is 0.0438. The maximum Gasteiger partial charge on any atom is 0.155 e. The number of carbonyl (C=O) groups is 1. The lowest BCUT2D eigenvalue weighted by molar-refractivity contribution is -0.114. The molecule has 10 heavy (non-hydrogen) atoms. The van der Waals surface area contributed by atoms with E-state index in [1.54, 1.807) is 0 Å². The molecule has 0 saturated carbocycles. The van der Waals surface area contributed by atoms with Crippen molar-refractivity contribution in [2.24, 2.45) is 0 Å². The number of carbonyl (C=O) groups excluding carboxylic acids is 1. The summed E-state index contributed by atoms with van der Waals surface area (Å²) in [4.78, 5) is 10.8. The van der Waals surface area contributed by atoms with Crippen LogP contribution in [0.4, 0.5) is 0 Å². The molecule has 0 rings (SSSR count). The molecule has 0 atom stereocenters. The average Bonchev–Trinajstić information content (AvgIpc) is 1.97. The molecule has 0 aromatic carbocycles. The number of unbranched alkanes of at least 4 members (excludes halogenated alkanes) is 1. The van der Waals surface area contributed by atoms with Gasteiger partial charge in [0.1, 0.15) is 0 Å². The predicted molar refractivity (Wildman–Crippen MR) is 40.8 cm³/mol. The summed E-state index contributed by atoms with van der Waals surface area (Å²) in [6, 6.07) is 0. The van der Waals surface area contributed by atoms with E-state index in [-0.39, 0.29) is 12.4 Å². The predicted octanol–water partition coefficient (Wildman–Crippen LogP) is 1.29. The molecule has 0 radical (unpaired) electrons. The lowest BCUT2D eigenvalue weighted by Gasteiger charge is -1.89. The molecule has 1 N–H and O–H groups in total. The molecule has 0 heterocycles. The smallest absolute Gasteiger partial charge is 0.155 e. The summed E-state index contributed by atoms with van der Waals surface area (Å²) in [5.74, 6) is 0.107. The molecule has 2 heteroatoms. The van der Waals surface area contributed by atoms with Crippen molar-refractivity contribution in [2.45, 2.75) is 26.2 Å². The summed E-state index contributed by atoms with van der Waals surface area (Å²) in [6.07, 6.45) is 5.49. The van der Waals surface area contributed by atoms with Crippen LogP contribution in [0.2, 0.25) is 0 Å². The van der Waals surface area contributed by atoms with Crippen molar-refractivity contribution in [2.75, 3.05) is 6.61 Å². The summed E-state index contributed by atoms with van der Waals surface area (Å²) >= 11 is 0. The van der Waals surface area contributed by atoms with Gasteiger partial charge >= 0.3 is 0 Å². The van der Waals surface area contributed by atoms with Crippen LogP contribution in [0.3, 0.4) is 0 Å². The van der Waals surface area contributed by atoms with Crippen LogP contribution in [-0.2, 0) is 4.79 Å². The van der Waals surface area contributed by atoms with Crippen LogP contribution in [0.1, 0.15) is 26.2 Å². The standard InChI is InChI=1S/C8H14O2/c1-2-3-5-8(10)6-4-7-9/h4,6,9H,2-3,5,7H2,1H3/b6-4+. The Hall–Kier alpha value is -0.630. The fourth-order valence-electron chi connectivity index (χ4n) is 0.618. The Morgan fingerprint density at radius 2 is 2.30 bits per heavy atom. The lowest BCUT2D eigenvalue weighted by Crippen LogP contribution is -1.91. The maximum atomic E-state index is 10.8. The Morgan fingerprint density at radius 3 is 2.80 bits per heavy atom. The first-order valence-corrected chi connectivity index (χ1v) is 3.61.